The van der Waals surface area contributed by atoms with Crippen LogP contribution in [0.3, 0.4) is 0 Å². The van der Waals surface area contributed by atoms with Gasteiger partial charge in [0, 0.05) is 11.0 Å². The van der Waals surface area contributed by atoms with Crippen LogP contribution in [0.1, 0.15) is 35.4 Å². The molecule has 0 aliphatic heterocycles. The molecule has 0 spiro atoms. The first kappa shape index (κ1) is 14.5. The van der Waals surface area contributed by atoms with Crippen LogP contribution in [-0.4, -0.2) is 5.91 Å². The van der Waals surface area contributed by atoms with E-state index in [1.807, 2.05) is 23.6 Å². The second kappa shape index (κ2) is 7.06. The highest BCUT2D eigenvalue weighted by atomic mass is 32.1. The van der Waals surface area contributed by atoms with Crippen molar-refractivity contribution in [1.29, 1.82) is 0 Å². The summed E-state index contributed by atoms with van der Waals surface area (Å²) >= 11 is 1.62. The lowest BCUT2D eigenvalue weighted by atomic mass is 10.0. The Morgan fingerprint density at radius 2 is 2.05 bits per heavy atom. The Balaban J connectivity index is 1.99. The molecule has 0 saturated heterocycles. The highest BCUT2D eigenvalue weighted by molar-refractivity contribution is 7.10. The van der Waals surface area contributed by atoms with E-state index in [1.54, 1.807) is 17.4 Å². The lowest BCUT2D eigenvalue weighted by Gasteiger charge is -2.16. The van der Waals surface area contributed by atoms with E-state index in [9.17, 15) is 4.79 Å². The Hall–Kier alpha value is -1.87. The Morgan fingerprint density at radius 1 is 1.30 bits per heavy atom. The second-order valence-electron chi connectivity index (χ2n) is 4.73. The third kappa shape index (κ3) is 4.07. The molecule has 2 nitrogen and oxygen atoms in total. The molecule has 0 aliphatic rings. The van der Waals surface area contributed by atoms with Gasteiger partial charge in [0.2, 0.25) is 5.91 Å². The quantitative estimate of drug-likeness (QED) is 0.814. The van der Waals surface area contributed by atoms with Gasteiger partial charge in [-0.1, -0.05) is 42.8 Å². The van der Waals surface area contributed by atoms with E-state index in [-0.39, 0.29) is 11.9 Å². The number of carbonyl (C=O) groups excluding carboxylic acids is 1. The fourth-order valence-corrected chi connectivity index (χ4v) is 2.60. The van der Waals surface area contributed by atoms with Crippen LogP contribution >= 0.6 is 11.3 Å². The molecule has 1 heterocycles. The number of rotatable bonds is 5. The molecule has 1 amide bonds. The summed E-state index contributed by atoms with van der Waals surface area (Å²) in [6.07, 6.45) is 4.33. The fourth-order valence-electron chi connectivity index (χ4n) is 1.98. The van der Waals surface area contributed by atoms with Gasteiger partial charge in [0.05, 0.1) is 6.04 Å². The Kier molecular flexibility index (Phi) is 5.13. The smallest absolute Gasteiger partial charge is 0.244 e. The van der Waals surface area contributed by atoms with E-state index >= 15 is 0 Å². The summed E-state index contributed by atoms with van der Waals surface area (Å²) in [5.41, 5.74) is 2.38. The summed E-state index contributed by atoms with van der Waals surface area (Å²) in [6.45, 7) is 4.14. The molecule has 1 unspecified atom stereocenters. The zero-order valence-electron chi connectivity index (χ0n) is 11.8. The summed E-state index contributed by atoms with van der Waals surface area (Å²) in [4.78, 5) is 13.0. The van der Waals surface area contributed by atoms with Gasteiger partial charge in [-0.15, -0.1) is 11.3 Å². The van der Waals surface area contributed by atoms with E-state index < -0.39 is 0 Å². The van der Waals surface area contributed by atoms with E-state index in [0.717, 1.165) is 16.9 Å². The average Bonchev–Trinajstić information content (AvgIpc) is 2.97. The molecule has 1 atom stereocenters. The summed E-state index contributed by atoms with van der Waals surface area (Å²) in [7, 11) is 0. The van der Waals surface area contributed by atoms with Gasteiger partial charge in [-0.25, -0.2) is 0 Å². The molecule has 2 rings (SSSR count). The first-order chi connectivity index (χ1) is 9.69. The molecule has 20 heavy (non-hydrogen) atoms. The van der Waals surface area contributed by atoms with Crippen LogP contribution in [0.2, 0.25) is 0 Å². The number of aryl methyl sites for hydroxylation is 1. The fraction of sp³-hybridized carbons (Fsp3) is 0.235. The van der Waals surface area contributed by atoms with Crippen molar-refractivity contribution in [2.75, 3.05) is 0 Å². The Bertz CT molecular complexity index is 570. The van der Waals surface area contributed by atoms with Crippen molar-refractivity contribution < 1.29 is 4.79 Å². The van der Waals surface area contributed by atoms with Gasteiger partial charge in [-0.2, -0.15) is 0 Å². The van der Waals surface area contributed by atoms with E-state index in [0.29, 0.717) is 0 Å². The van der Waals surface area contributed by atoms with Crippen LogP contribution in [0.15, 0.2) is 47.9 Å². The van der Waals surface area contributed by atoms with Crippen LogP contribution in [0.4, 0.5) is 0 Å². The molecule has 104 valence electrons. The molecular formula is C17H19NOS. The number of amides is 1. The number of thiophene rings is 1. The molecule has 1 N–H and O–H groups in total. The van der Waals surface area contributed by atoms with Crippen molar-refractivity contribution in [3.8, 4) is 0 Å². The molecule has 0 aliphatic carbocycles. The maximum Gasteiger partial charge on any atom is 0.244 e. The molecule has 1 aromatic heterocycles. The van der Waals surface area contributed by atoms with Gasteiger partial charge < -0.3 is 5.32 Å². The van der Waals surface area contributed by atoms with Crippen LogP contribution in [0.25, 0.3) is 6.08 Å². The standard InChI is InChI=1S/C17H19NOS/c1-3-16(14-8-6-13(2)7-9-14)18-17(19)11-10-15-5-4-12-20-15/h4-12,16H,3H2,1-2H3,(H,18,19). The average molecular weight is 285 g/mol. The number of benzene rings is 1. The molecule has 3 heteroatoms. The van der Waals surface area contributed by atoms with Crippen molar-refractivity contribution in [2.45, 2.75) is 26.3 Å². The van der Waals surface area contributed by atoms with Crippen LogP contribution in [0.5, 0.6) is 0 Å². The predicted molar refractivity (Wildman–Crippen MR) is 85.7 cm³/mol. The normalized spacial score (nSPS) is 12.5. The Morgan fingerprint density at radius 3 is 2.65 bits per heavy atom. The summed E-state index contributed by atoms with van der Waals surface area (Å²) in [5.74, 6) is -0.0502. The molecule has 2 aromatic rings. The minimum Gasteiger partial charge on any atom is -0.346 e. The Labute approximate surface area is 124 Å². The van der Waals surface area contributed by atoms with Gasteiger partial charge in [-0.05, 0) is 36.4 Å². The third-order valence-corrected chi connectivity index (χ3v) is 3.98. The van der Waals surface area contributed by atoms with Crippen molar-refractivity contribution >= 4 is 23.3 Å². The second-order valence-corrected chi connectivity index (χ2v) is 5.71. The van der Waals surface area contributed by atoms with Crippen molar-refractivity contribution in [1.82, 2.24) is 5.32 Å². The van der Waals surface area contributed by atoms with Gasteiger partial charge in [0.15, 0.2) is 0 Å². The maximum absolute atomic E-state index is 12.0. The summed E-state index contributed by atoms with van der Waals surface area (Å²) in [6, 6.07) is 12.3. The lowest BCUT2D eigenvalue weighted by Crippen LogP contribution is -2.26. The first-order valence-electron chi connectivity index (χ1n) is 6.77. The zero-order valence-corrected chi connectivity index (χ0v) is 12.6. The molecule has 0 fully saturated rings. The number of hydrogen-bond acceptors (Lipinski definition) is 2. The number of hydrogen-bond donors (Lipinski definition) is 1. The minimum absolute atomic E-state index is 0.0502. The monoisotopic (exact) mass is 285 g/mol. The van der Waals surface area contributed by atoms with Crippen LogP contribution in [-0.2, 0) is 4.79 Å². The summed E-state index contributed by atoms with van der Waals surface area (Å²) < 4.78 is 0. The highest BCUT2D eigenvalue weighted by Gasteiger charge is 2.10. The number of nitrogens with one attached hydrogen (secondary N) is 1. The van der Waals surface area contributed by atoms with E-state index in [2.05, 4.69) is 43.4 Å². The van der Waals surface area contributed by atoms with E-state index in [4.69, 9.17) is 0 Å². The van der Waals surface area contributed by atoms with Crippen molar-refractivity contribution in [3.63, 3.8) is 0 Å². The predicted octanol–water partition coefficient (Wildman–Crippen LogP) is 4.34. The molecule has 1 aromatic carbocycles. The minimum atomic E-state index is -0.0502. The third-order valence-electron chi connectivity index (χ3n) is 3.15. The molecule has 0 radical (unpaired) electrons. The summed E-state index contributed by atoms with van der Waals surface area (Å²) in [5, 5.41) is 5.04. The molecule has 0 bridgehead atoms. The van der Waals surface area contributed by atoms with Gasteiger partial charge in [-0.3, -0.25) is 4.79 Å². The van der Waals surface area contributed by atoms with E-state index in [1.165, 1.54) is 5.56 Å². The van der Waals surface area contributed by atoms with Crippen molar-refractivity contribution in [2.24, 2.45) is 0 Å². The van der Waals surface area contributed by atoms with Gasteiger partial charge in [0.25, 0.3) is 0 Å². The molecule has 0 saturated carbocycles. The SMILES string of the molecule is CCC(NC(=O)C=Cc1cccs1)c1ccc(C)cc1. The topological polar surface area (TPSA) is 29.1 Å². The molecular weight excluding hydrogens is 266 g/mol. The first-order valence-corrected chi connectivity index (χ1v) is 7.65. The maximum atomic E-state index is 12.0. The van der Waals surface area contributed by atoms with Gasteiger partial charge >= 0.3 is 0 Å². The van der Waals surface area contributed by atoms with Crippen LogP contribution < -0.4 is 5.32 Å². The zero-order chi connectivity index (χ0) is 14.4. The number of carbonyl (C=O) groups is 1. The largest absolute Gasteiger partial charge is 0.346 e. The van der Waals surface area contributed by atoms with Crippen molar-refractivity contribution in [3.05, 3.63) is 63.9 Å². The highest BCUT2D eigenvalue weighted by Crippen LogP contribution is 2.17. The van der Waals surface area contributed by atoms with Gasteiger partial charge in [0.1, 0.15) is 0 Å². The van der Waals surface area contributed by atoms with Crippen LogP contribution in [0, 0.1) is 6.92 Å². The lowest BCUT2D eigenvalue weighted by molar-refractivity contribution is -0.117.